The third-order valence-electron chi connectivity index (χ3n) is 2.73. The molecular weight excluding hydrogens is 338 g/mol. The van der Waals surface area contributed by atoms with Crippen LogP contribution < -0.4 is 10.5 Å². The van der Waals surface area contributed by atoms with E-state index in [4.69, 9.17) is 28.9 Å². The van der Waals surface area contributed by atoms with Crippen molar-refractivity contribution in [3.63, 3.8) is 0 Å². The molecule has 0 aliphatic heterocycles. The SMILES string of the molecule is Cl.NC1CC(NS(=O)(=O)c2c(Cl)cc(F)cc2Cl)C1. The highest BCUT2D eigenvalue weighted by Crippen LogP contribution is 2.31. The highest BCUT2D eigenvalue weighted by atomic mass is 35.5. The molecule has 0 spiro atoms. The third-order valence-corrected chi connectivity index (χ3v) is 5.17. The van der Waals surface area contributed by atoms with Crippen molar-refractivity contribution in [2.24, 2.45) is 5.73 Å². The van der Waals surface area contributed by atoms with Crippen molar-refractivity contribution in [3.8, 4) is 0 Å². The minimum absolute atomic E-state index is 0. The lowest BCUT2D eigenvalue weighted by atomic mass is 9.89. The molecule has 0 unspecified atom stereocenters. The van der Waals surface area contributed by atoms with E-state index in [9.17, 15) is 12.8 Å². The van der Waals surface area contributed by atoms with Crippen LogP contribution in [0.15, 0.2) is 17.0 Å². The Morgan fingerprint density at radius 1 is 1.26 bits per heavy atom. The standard InChI is InChI=1S/C10H11Cl2FN2O2S.ClH/c11-8-1-5(13)2-9(12)10(8)18(16,17)15-7-3-6(14)4-7;/h1-2,6-7,15H,3-4,14H2;1H. The molecule has 1 fully saturated rings. The Kier molecular flexibility index (Phi) is 5.45. The third kappa shape index (κ3) is 3.71. The monoisotopic (exact) mass is 348 g/mol. The quantitative estimate of drug-likeness (QED) is 0.879. The van der Waals surface area contributed by atoms with Gasteiger partial charge in [0.25, 0.3) is 0 Å². The Labute approximate surface area is 126 Å². The summed E-state index contributed by atoms with van der Waals surface area (Å²) in [6.07, 6.45) is 1.13. The lowest BCUT2D eigenvalue weighted by Crippen LogP contribution is -2.50. The van der Waals surface area contributed by atoms with Crippen LogP contribution in [0.25, 0.3) is 0 Å². The van der Waals surface area contributed by atoms with Crippen LogP contribution >= 0.6 is 35.6 Å². The predicted octanol–water partition coefficient (Wildman–Crippen LogP) is 2.32. The number of hydrogen-bond acceptors (Lipinski definition) is 3. The fourth-order valence-corrected chi connectivity index (χ4v) is 4.27. The zero-order valence-corrected chi connectivity index (χ0v) is 12.7. The van der Waals surface area contributed by atoms with Crippen molar-refractivity contribution in [1.29, 1.82) is 0 Å². The van der Waals surface area contributed by atoms with Crippen molar-refractivity contribution < 1.29 is 12.8 Å². The highest BCUT2D eigenvalue weighted by Gasteiger charge is 2.32. The van der Waals surface area contributed by atoms with Gasteiger partial charge in [-0.3, -0.25) is 0 Å². The molecule has 0 atom stereocenters. The van der Waals surface area contributed by atoms with Gasteiger partial charge in [-0.15, -0.1) is 12.4 Å². The van der Waals surface area contributed by atoms with Crippen molar-refractivity contribution in [1.82, 2.24) is 4.72 Å². The van der Waals surface area contributed by atoms with Gasteiger partial charge in [0.2, 0.25) is 10.0 Å². The number of nitrogens with one attached hydrogen (secondary N) is 1. The zero-order chi connectivity index (χ0) is 13.5. The van der Waals surface area contributed by atoms with E-state index in [1.165, 1.54) is 0 Å². The van der Waals surface area contributed by atoms with E-state index in [0.717, 1.165) is 12.1 Å². The molecule has 9 heteroatoms. The molecule has 3 N–H and O–H groups in total. The molecule has 0 bridgehead atoms. The van der Waals surface area contributed by atoms with Crippen LogP contribution in [0.2, 0.25) is 10.0 Å². The van der Waals surface area contributed by atoms with Crippen LogP contribution in [0.1, 0.15) is 12.8 Å². The first kappa shape index (κ1) is 16.9. The first-order valence-electron chi connectivity index (χ1n) is 5.22. The van der Waals surface area contributed by atoms with Gasteiger partial charge < -0.3 is 5.73 Å². The van der Waals surface area contributed by atoms with E-state index in [2.05, 4.69) is 4.72 Å². The fourth-order valence-electron chi connectivity index (χ4n) is 1.82. The van der Waals surface area contributed by atoms with Gasteiger partial charge in [-0.05, 0) is 25.0 Å². The second-order valence-electron chi connectivity index (χ2n) is 4.25. The average molecular weight is 350 g/mol. The largest absolute Gasteiger partial charge is 0.328 e. The molecule has 1 aromatic rings. The van der Waals surface area contributed by atoms with Crippen LogP contribution in [0, 0.1) is 5.82 Å². The predicted molar refractivity (Wildman–Crippen MR) is 75.0 cm³/mol. The van der Waals surface area contributed by atoms with Crippen LogP contribution in [0.5, 0.6) is 0 Å². The summed E-state index contributed by atoms with van der Waals surface area (Å²) in [5.74, 6) is -0.686. The van der Waals surface area contributed by atoms with Crippen LogP contribution in [0.4, 0.5) is 4.39 Å². The van der Waals surface area contributed by atoms with E-state index in [1.54, 1.807) is 0 Å². The molecule has 108 valence electrons. The Morgan fingerprint density at radius 3 is 2.16 bits per heavy atom. The fraction of sp³-hybridized carbons (Fsp3) is 0.400. The van der Waals surface area contributed by atoms with Crippen molar-refractivity contribution in [2.75, 3.05) is 0 Å². The Bertz CT molecular complexity index is 553. The summed E-state index contributed by atoms with van der Waals surface area (Å²) < 4.78 is 39.5. The first-order chi connectivity index (χ1) is 8.29. The minimum Gasteiger partial charge on any atom is -0.328 e. The van der Waals surface area contributed by atoms with Crippen molar-refractivity contribution in [3.05, 3.63) is 28.0 Å². The molecule has 0 saturated heterocycles. The Hall–Kier alpha value is -0.110. The summed E-state index contributed by atoms with van der Waals surface area (Å²) in [6.45, 7) is 0. The van der Waals surface area contributed by atoms with Gasteiger partial charge in [-0.1, -0.05) is 23.2 Å². The lowest BCUT2D eigenvalue weighted by molar-refractivity contribution is 0.327. The Balaban J connectivity index is 0.00000180. The lowest BCUT2D eigenvalue weighted by Gasteiger charge is -2.32. The maximum Gasteiger partial charge on any atom is 0.243 e. The molecule has 4 nitrogen and oxygen atoms in total. The summed E-state index contributed by atoms with van der Waals surface area (Å²) in [5.41, 5.74) is 5.57. The van der Waals surface area contributed by atoms with Gasteiger partial charge in [0, 0.05) is 12.1 Å². The summed E-state index contributed by atoms with van der Waals surface area (Å²) in [6, 6.07) is 1.61. The highest BCUT2D eigenvalue weighted by molar-refractivity contribution is 7.89. The second-order valence-corrected chi connectivity index (χ2v) is 6.71. The Morgan fingerprint density at radius 2 is 1.74 bits per heavy atom. The summed E-state index contributed by atoms with van der Waals surface area (Å²) >= 11 is 11.4. The van der Waals surface area contributed by atoms with Gasteiger partial charge in [0.05, 0.1) is 10.0 Å². The molecule has 1 aliphatic carbocycles. The van der Waals surface area contributed by atoms with Gasteiger partial charge >= 0.3 is 0 Å². The van der Waals surface area contributed by atoms with E-state index in [0.29, 0.717) is 12.8 Å². The molecule has 0 aromatic heterocycles. The maximum absolute atomic E-state index is 13.0. The van der Waals surface area contributed by atoms with Gasteiger partial charge in [-0.25, -0.2) is 17.5 Å². The number of sulfonamides is 1. The summed E-state index contributed by atoms with van der Waals surface area (Å²) in [4.78, 5) is -0.298. The van der Waals surface area contributed by atoms with E-state index < -0.39 is 15.8 Å². The summed E-state index contributed by atoms with van der Waals surface area (Å²) in [5, 5.41) is -0.479. The molecule has 0 radical (unpaired) electrons. The molecule has 1 aliphatic rings. The number of nitrogens with two attached hydrogens (primary N) is 1. The second kappa shape index (κ2) is 6.11. The maximum atomic E-state index is 13.0. The number of benzene rings is 1. The number of hydrogen-bond donors (Lipinski definition) is 2. The van der Waals surface area contributed by atoms with Crippen LogP contribution in [-0.4, -0.2) is 20.5 Å². The van der Waals surface area contributed by atoms with Crippen LogP contribution in [-0.2, 0) is 10.0 Å². The number of rotatable bonds is 3. The van der Waals surface area contributed by atoms with Gasteiger partial charge in [0.15, 0.2) is 0 Å². The molecule has 0 heterocycles. The molecule has 2 rings (SSSR count). The minimum atomic E-state index is -3.86. The average Bonchev–Trinajstić information content (AvgIpc) is 2.11. The van der Waals surface area contributed by atoms with E-state index in [1.807, 2.05) is 0 Å². The van der Waals surface area contributed by atoms with Crippen molar-refractivity contribution >= 4 is 45.6 Å². The molecule has 19 heavy (non-hydrogen) atoms. The summed E-state index contributed by atoms with van der Waals surface area (Å²) in [7, 11) is -3.86. The van der Waals surface area contributed by atoms with Crippen LogP contribution in [0.3, 0.4) is 0 Å². The zero-order valence-electron chi connectivity index (χ0n) is 9.57. The van der Waals surface area contributed by atoms with E-state index >= 15 is 0 Å². The first-order valence-corrected chi connectivity index (χ1v) is 7.46. The van der Waals surface area contributed by atoms with Crippen molar-refractivity contribution in [2.45, 2.75) is 29.8 Å². The van der Waals surface area contributed by atoms with Gasteiger partial charge in [-0.2, -0.15) is 0 Å². The normalized spacial score (nSPS) is 22.5. The molecule has 0 amide bonds. The molecule has 1 aromatic carbocycles. The molecular formula is C10H12Cl3FN2O2S. The van der Waals surface area contributed by atoms with E-state index in [-0.39, 0.29) is 39.4 Å². The topological polar surface area (TPSA) is 72.2 Å². The smallest absolute Gasteiger partial charge is 0.243 e. The molecule has 1 saturated carbocycles. The van der Waals surface area contributed by atoms with Gasteiger partial charge in [0.1, 0.15) is 10.7 Å². The number of halogens is 4.